The van der Waals surface area contributed by atoms with Crippen molar-refractivity contribution < 1.29 is 9.32 Å². The molecule has 31 heavy (non-hydrogen) atoms. The van der Waals surface area contributed by atoms with Crippen LogP contribution >= 0.6 is 11.6 Å². The molecule has 158 valence electrons. The molecule has 0 radical (unpaired) electrons. The van der Waals surface area contributed by atoms with E-state index in [4.69, 9.17) is 16.1 Å². The molecular weight excluding hydrogens is 416 g/mol. The first kappa shape index (κ1) is 20.7. The normalized spacial score (nSPS) is 11.9. The Bertz CT molecular complexity index is 1140. The van der Waals surface area contributed by atoms with E-state index in [9.17, 15) is 4.79 Å². The monoisotopic (exact) mass is 436 g/mol. The summed E-state index contributed by atoms with van der Waals surface area (Å²) in [7, 11) is 0. The number of carbonyl (C=O) groups is 1. The molecule has 0 spiro atoms. The highest BCUT2D eigenvalue weighted by Crippen LogP contribution is 2.20. The number of carbonyl (C=O) groups excluding carboxylic acids is 1. The number of H-pyrrole nitrogens is 1. The maximum atomic E-state index is 12.6. The predicted octanol–water partition coefficient (Wildman–Crippen LogP) is 4.05. The minimum Gasteiger partial charge on any atom is -0.342 e. The van der Waals surface area contributed by atoms with Crippen LogP contribution in [0.3, 0.4) is 0 Å². The topological polar surface area (TPSA) is 110 Å². The fraction of sp³-hybridized carbons (Fsp3) is 0.227. The van der Waals surface area contributed by atoms with E-state index in [1.807, 2.05) is 49.4 Å². The van der Waals surface area contributed by atoms with Gasteiger partial charge in [0.2, 0.25) is 17.6 Å². The molecule has 9 heteroatoms. The number of benzene rings is 2. The van der Waals surface area contributed by atoms with Gasteiger partial charge in [-0.2, -0.15) is 10.1 Å². The SMILES string of the molecule is Cc1nc(C(NC(=O)CCCc2nc(-c3ccc(Cl)cc3)no2)c2ccccc2)n[nH]1. The summed E-state index contributed by atoms with van der Waals surface area (Å²) in [5.41, 5.74) is 1.74. The molecule has 0 saturated carbocycles. The lowest BCUT2D eigenvalue weighted by Crippen LogP contribution is -2.30. The van der Waals surface area contributed by atoms with Crippen LogP contribution in [0.25, 0.3) is 11.4 Å². The van der Waals surface area contributed by atoms with Crippen LogP contribution in [0, 0.1) is 6.92 Å². The summed E-state index contributed by atoms with van der Waals surface area (Å²) >= 11 is 5.91. The number of rotatable bonds is 8. The molecule has 2 aromatic heterocycles. The average molecular weight is 437 g/mol. The van der Waals surface area contributed by atoms with Gasteiger partial charge in [0.15, 0.2) is 5.82 Å². The first-order valence-corrected chi connectivity index (χ1v) is 10.3. The quantitative estimate of drug-likeness (QED) is 0.431. The molecular formula is C22H21ClN6O2. The number of amides is 1. The number of halogens is 1. The average Bonchev–Trinajstić information content (AvgIpc) is 3.42. The Morgan fingerprint density at radius 2 is 1.90 bits per heavy atom. The van der Waals surface area contributed by atoms with Gasteiger partial charge >= 0.3 is 0 Å². The third-order valence-corrected chi connectivity index (χ3v) is 4.93. The van der Waals surface area contributed by atoms with E-state index in [2.05, 4.69) is 30.6 Å². The van der Waals surface area contributed by atoms with Gasteiger partial charge < -0.3 is 9.84 Å². The number of aryl methyl sites for hydroxylation is 2. The summed E-state index contributed by atoms with van der Waals surface area (Å²) in [5.74, 6) is 2.11. The van der Waals surface area contributed by atoms with Crippen molar-refractivity contribution in [2.24, 2.45) is 0 Å². The molecule has 0 fully saturated rings. The summed E-state index contributed by atoms with van der Waals surface area (Å²) in [6, 6.07) is 16.4. The fourth-order valence-electron chi connectivity index (χ4n) is 3.14. The lowest BCUT2D eigenvalue weighted by atomic mass is 10.1. The third-order valence-electron chi connectivity index (χ3n) is 4.68. The number of aromatic amines is 1. The number of hydrogen-bond donors (Lipinski definition) is 2. The third kappa shape index (κ3) is 5.35. The Morgan fingerprint density at radius 1 is 1.13 bits per heavy atom. The van der Waals surface area contributed by atoms with Crippen LogP contribution in [0.1, 0.15) is 42.0 Å². The molecule has 0 aliphatic carbocycles. The maximum absolute atomic E-state index is 12.6. The van der Waals surface area contributed by atoms with E-state index in [1.54, 1.807) is 12.1 Å². The first-order chi connectivity index (χ1) is 15.1. The molecule has 8 nitrogen and oxygen atoms in total. The highest BCUT2D eigenvalue weighted by atomic mass is 35.5. The molecule has 0 saturated heterocycles. The number of nitrogens with one attached hydrogen (secondary N) is 2. The van der Waals surface area contributed by atoms with Crippen LogP contribution in [0.4, 0.5) is 0 Å². The lowest BCUT2D eigenvalue weighted by Gasteiger charge is -2.16. The van der Waals surface area contributed by atoms with Crippen LogP contribution in [-0.4, -0.2) is 31.2 Å². The van der Waals surface area contributed by atoms with Crippen LogP contribution in [0.15, 0.2) is 59.1 Å². The van der Waals surface area contributed by atoms with Gasteiger partial charge in [-0.15, -0.1) is 0 Å². The van der Waals surface area contributed by atoms with Crippen LogP contribution in [0.5, 0.6) is 0 Å². The summed E-state index contributed by atoms with van der Waals surface area (Å²) in [6.45, 7) is 1.82. The van der Waals surface area contributed by atoms with Gasteiger partial charge in [0.25, 0.3) is 0 Å². The molecule has 0 aliphatic rings. The van der Waals surface area contributed by atoms with Crippen molar-refractivity contribution in [1.29, 1.82) is 0 Å². The second kappa shape index (κ2) is 9.53. The zero-order valence-corrected chi connectivity index (χ0v) is 17.6. The second-order valence-corrected chi connectivity index (χ2v) is 7.50. The Labute approximate surface area is 184 Å². The minimum atomic E-state index is -0.418. The van der Waals surface area contributed by atoms with Gasteiger partial charge in [-0.25, -0.2) is 4.98 Å². The fourth-order valence-corrected chi connectivity index (χ4v) is 3.26. The molecule has 2 N–H and O–H groups in total. The number of aromatic nitrogens is 5. The molecule has 1 amide bonds. The zero-order chi connectivity index (χ0) is 21.6. The summed E-state index contributed by atoms with van der Waals surface area (Å²) < 4.78 is 5.30. The van der Waals surface area contributed by atoms with Gasteiger partial charge in [-0.1, -0.05) is 47.1 Å². The van der Waals surface area contributed by atoms with E-state index in [1.165, 1.54) is 0 Å². The Hall–Kier alpha value is -3.52. The molecule has 2 heterocycles. The van der Waals surface area contributed by atoms with E-state index in [-0.39, 0.29) is 5.91 Å². The summed E-state index contributed by atoms with van der Waals surface area (Å²) in [4.78, 5) is 21.4. The molecule has 1 unspecified atom stereocenters. The Morgan fingerprint density at radius 3 is 2.61 bits per heavy atom. The largest absolute Gasteiger partial charge is 0.342 e. The van der Waals surface area contributed by atoms with Crippen molar-refractivity contribution in [3.05, 3.63) is 82.7 Å². The molecule has 0 bridgehead atoms. The molecule has 4 aromatic rings. The van der Waals surface area contributed by atoms with Crippen molar-refractivity contribution in [3.63, 3.8) is 0 Å². The van der Waals surface area contributed by atoms with Crippen molar-refractivity contribution in [3.8, 4) is 11.4 Å². The predicted molar refractivity (Wildman–Crippen MR) is 115 cm³/mol. The summed E-state index contributed by atoms with van der Waals surface area (Å²) in [5, 5.41) is 14.7. The first-order valence-electron chi connectivity index (χ1n) is 9.90. The van der Waals surface area contributed by atoms with Crippen molar-refractivity contribution in [2.75, 3.05) is 0 Å². The smallest absolute Gasteiger partial charge is 0.226 e. The number of hydrogen-bond acceptors (Lipinski definition) is 6. The van der Waals surface area contributed by atoms with Gasteiger partial charge in [-0.3, -0.25) is 9.89 Å². The van der Waals surface area contributed by atoms with E-state index in [0.29, 0.717) is 47.6 Å². The Kier molecular flexibility index (Phi) is 6.37. The lowest BCUT2D eigenvalue weighted by molar-refractivity contribution is -0.121. The van der Waals surface area contributed by atoms with Crippen molar-refractivity contribution in [2.45, 2.75) is 32.2 Å². The van der Waals surface area contributed by atoms with E-state index in [0.717, 1.165) is 11.1 Å². The minimum absolute atomic E-state index is 0.103. The highest BCUT2D eigenvalue weighted by molar-refractivity contribution is 6.30. The van der Waals surface area contributed by atoms with Crippen LogP contribution in [0.2, 0.25) is 5.02 Å². The van der Waals surface area contributed by atoms with Gasteiger partial charge in [0.1, 0.15) is 11.9 Å². The van der Waals surface area contributed by atoms with Gasteiger partial charge in [0.05, 0.1) is 0 Å². The second-order valence-electron chi connectivity index (χ2n) is 7.06. The maximum Gasteiger partial charge on any atom is 0.226 e. The van der Waals surface area contributed by atoms with E-state index < -0.39 is 6.04 Å². The zero-order valence-electron chi connectivity index (χ0n) is 16.9. The van der Waals surface area contributed by atoms with Crippen LogP contribution < -0.4 is 5.32 Å². The standard InChI is InChI=1S/C22H21ClN6O2/c1-14-24-22(28-27-14)20(15-6-3-2-4-7-15)25-18(30)8-5-9-19-26-21(29-31-19)16-10-12-17(23)13-11-16/h2-4,6-7,10-13,20H,5,8-9H2,1H3,(H,25,30)(H,24,27,28). The number of nitrogens with zero attached hydrogens (tertiary/aromatic N) is 4. The van der Waals surface area contributed by atoms with E-state index >= 15 is 0 Å². The molecule has 1 atom stereocenters. The molecule has 2 aromatic carbocycles. The van der Waals surface area contributed by atoms with Gasteiger partial charge in [0, 0.05) is 23.4 Å². The Balaban J connectivity index is 1.34. The molecule has 4 rings (SSSR count). The van der Waals surface area contributed by atoms with Crippen LogP contribution in [-0.2, 0) is 11.2 Å². The van der Waals surface area contributed by atoms with Crippen molar-refractivity contribution in [1.82, 2.24) is 30.6 Å². The highest BCUT2D eigenvalue weighted by Gasteiger charge is 2.21. The molecule has 0 aliphatic heterocycles. The summed E-state index contributed by atoms with van der Waals surface area (Å²) in [6.07, 6.45) is 1.39. The van der Waals surface area contributed by atoms with Gasteiger partial charge in [-0.05, 0) is 43.2 Å². The van der Waals surface area contributed by atoms with Crippen molar-refractivity contribution >= 4 is 17.5 Å².